The van der Waals surface area contributed by atoms with E-state index in [-0.39, 0.29) is 5.78 Å². The fraction of sp³-hybridized carbons (Fsp3) is 0.385. The number of hydrogen-bond donors (Lipinski definition) is 0. The van der Waals surface area contributed by atoms with Crippen LogP contribution >= 0.6 is 0 Å². The molecule has 1 aliphatic carbocycles. The van der Waals surface area contributed by atoms with Gasteiger partial charge in [0.15, 0.2) is 5.78 Å². The van der Waals surface area contributed by atoms with Crippen molar-refractivity contribution < 1.29 is 4.79 Å². The van der Waals surface area contributed by atoms with Crippen LogP contribution in [0.5, 0.6) is 0 Å². The van der Waals surface area contributed by atoms with E-state index in [2.05, 4.69) is 4.98 Å². The second-order valence-corrected chi connectivity index (χ2v) is 3.97. The number of hydrogen-bond acceptors (Lipinski definition) is 2. The Morgan fingerprint density at radius 2 is 2.07 bits per heavy atom. The maximum Gasteiger partial charge on any atom is 0.155 e. The molecule has 2 heteroatoms. The summed E-state index contributed by atoms with van der Waals surface area (Å²) in [5.41, 5.74) is 2.29. The van der Waals surface area contributed by atoms with E-state index in [1.165, 1.54) is 5.57 Å². The highest BCUT2D eigenvalue weighted by Gasteiger charge is 2.08. The van der Waals surface area contributed by atoms with Gasteiger partial charge in [0.25, 0.3) is 0 Å². The van der Waals surface area contributed by atoms with Crippen molar-refractivity contribution in [2.45, 2.75) is 32.1 Å². The summed E-state index contributed by atoms with van der Waals surface area (Å²) in [6, 6.07) is 5.91. The van der Waals surface area contributed by atoms with Crippen LogP contribution in [0, 0.1) is 0 Å². The largest absolute Gasteiger partial charge is 0.295 e. The molecule has 1 aliphatic rings. The molecule has 0 N–H and O–H groups in total. The standard InChI is InChI=1S/C13H15NO/c15-13-7-2-1-5-11(10-13)9-12-6-3-4-8-14-12/h3-4,6,8,10H,1-2,5,7,9H2. The summed E-state index contributed by atoms with van der Waals surface area (Å²) < 4.78 is 0. The molecule has 2 nitrogen and oxygen atoms in total. The average molecular weight is 201 g/mol. The molecule has 1 aromatic rings. The molecule has 0 aliphatic heterocycles. The van der Waals surface area contributed by atoms with Crippen LogP contribution in [-0.4, -0.2) is 10.8 Å². The molecule has 2 rings (SSSR count). The number of pyridine rings is 1. The van der Waals surface area contributed by atoms with Gasteiger partial charge >= 0.3 is 0 Å². The Labute approximate surface area is 90.0 Å². The van der Waals surface area contributed by atoms with Crippen molar-refractivity contribution in [1.82, 2.24) is 4.98 Å². The first-order chi connectivity index (χ1) is 7.34. The summed E-state index contributed by atoms with van der Waals surface area (Å²) >= 11 is 0. The van der Waals surface area contributed by atoms with E-state index < -0.39 is 0 Å². The van der Waals surface area contributed by atoms with Crippen molar-refractivity contribution in [3.05, 3.63) is 41.7 Å². The predicted octanol–water partition coefficient (Wildman–Crippen LogP) is 2.69. The zero-order valence-electron chi connectivity index (χ0n) is 8.78. The SMILES string of the molecule is O=C1C=C(Cc2ccccn2)CCCC1. The van der Waals surface area contributed by atoms with Gasteiger partial charge in [0, 0.05) is 24.7 Å². The third-order valence-corrected chi connectivity index (χ3v) is 2.67. The molecule has 0 radical (unpaired) electrons. The molecule has 0 fully saturated rings. The third-order valence-electron chi connectivity index (χ3n) is 2.67. The van der Waals surface area contributed by atoms with E-state index in [1.54, 1.807) is 6.20 Å². The van der Waals surface area contributed by atoms with Gasteiger partial charge in [-0.25, -0.2) is 0 Å². The first-order valence-electron chi connectivity index (χ1n) is 5.47. The first-order valence-corrected chi connectivity index (χ1v) is 5.47. The van der Waals surface area contributed by atoms with E-state index in [4.69, 9.17) is 0 Å². The topological polar surface area (TPSA) is 30.0 Å². The Hall–Kier alpha value is -1.44. The maximum atomic E-state index is 11.4. The molecular weight excluding hydrogens is 186 g/mol. The lowest BCUT2D eigenvalue weighted by molar-refractivity contribution is -0.114. The van der Waals surface area contributed by atoms with E-state index >= 15 is 0 Å². The molecule has 0 amide bonds. The minimum Gasteiger partial charge on any atom is -0.295 e. The highest BCUT2D eigenvalue weighted by atomic mass is 16.1. The molecule has 15 heavy (non-hydrogen) atoms. The van der Waals surface area contributed by atoms with Gasteiger partial charge in [-0.2, -0.15) is 0 Å². The van der Waals surface area contributed by atoms with E-state index in [1.807, 2.05) is 24.3 Å². The van der Waals surface area contributed by atoms with Gasteiger partial charge in [-0.05, 0) is 37.5 Å². The molecule has 78 valence electrons. The quantitative estimate of drug-likeness (QED) is 0.736. The number of ketones is 1. The molecule has 0 bridgehead atoms. The second kappa shape index (κ2) is 4.87. The van der Waals surface area contributed by atoms with Crippen LogP contribution in [-0.2, 0) is 11.2 Å². The van der Waals surface area contributed by atoms with Gasteiger partial charge in [-0.15, -0.1) is 0 Å². The minimum absolute atomic E-state index is 0.276. The van der Waals surface area contributed by atoms with Crippen molar-refractivity contribution in [1.29, 1.82) is 0 Å². The van der Waals surface area contributed by atoms with Crippen molar-refractivity contribution in [3.8, 4) is 0 Å². The van der Waals surface area contributed by atoms with Gasteiger partial charge in [-0.3, -0.25) is 9.78 Å². The van der Waals surface area contributed by atoms with Crippen LogP contribution in [0.4, 0.5) is 0 Å². The molecule has 0 aromatic carbocycles. The number of allylic oxidation sites excluding steroid dienone is 2. The van der Waals surface area contributed by atoms with Crippen LogP contribution in [0.3, 0.4) is 0 Å². The first kappa shape index (κ1) is 10.1. The number of carbonyl (C=O) groups is 1. The van der Waals surface area contributed by atoms with Gasteiger partial charge < -0.3 is 0 Å². The lowest BCUT2D eigenvalue weighted by Crippen LogP contribution is -1.95. The summed E-state index contributed by atoms with van der Waals surface area (Å²) in [6.45, 7) is 0. The van der Waals surface area contributed by atoms with Crippen LogP contribution < -0.4 is 0 Å². The second-order valence-electron chi connectivity index (χ2n) is 3.97. The molecule has 1 heterocycles. The fourth-order valence-electron chi connectivity index (χ4n) is 1.90. The average Bonchev–Trinajstić information content (AvgIpc) is 2.44. The van der Waals surface area contributed by atoms with Crippen molar-refractivity contribution >= 4 is 5.78 Å². The number of rotatable bonds is 2. The molecule has 0 atom stereocenters. The van der Waals surface area contributed by atoms with Crippen LogP contribution in [0.1, 0.15) is 31.4 Å². The Balaban J connectivity index is 2.08. The molecule has 0 saturated carbocycles. The third kappa shape index (κ3) is 3.01. The minimum atomic E-state index is 0.276. The lowest BCUT2D eigenvalue weighted by atomic mass is 10.0. The summed E-state index contributed by atoms with van der Waals surface area (Å²) in [4.78, 5) is 15.7. The zero-order valence-corrected chi connectivity index (χ0v) is 8.78. The molecular formula is C13H15NO. The Morgan fingerprint density at radius 1 is 1.20 bits per heavy atom. The van der Waals surface area contributed by atoms with Crippen molar-refractivity contribution in [2.75, 3.05) is 0 Å². The van der Waals surface area contributed by atoms with Crippen molar-refractivity contribution in [3.63, 3.8) is 0 Å². The monoisotopic (exact) mass is 201 g/mol. The lowest BCUT2D eigenvalue weighted by Gasteiger charge is -2.03. The van der Waals surface area contributed by atoms with Crippen molar-refractivity contribution in [2.24, 2.45) is 0 Å². The molecule has 0 spiro atoms. The zero-order chi connectivity index (χ0) is 10.5. The van der Waals surface area contributed by atoms with E-state index in [9.17, 15) is 4.79 Å². The highest BCUT2D eigenvalue weighted by molar-refractivity contribution is 5.90. The van der Waals surface area contributed by atoms with Crippen LogP contribution in [0.25, 0.3) is 0 Å². The predicted molar refractivity (Wildman–Crippen MR) is 59.5 cm³/mol. The number of aromatic nitrogens is 1. The number of carbonyl (C=O) groups excluding carboxylic acids is 1. The maximum absolute atomic E-state index is 11.4. The normalized spacial score (nSPS) is 17.1. The Bertz CT molecular complexity index is 367. The smallest absolute Gasteiger partial charge is 0.155 e. The molecule has 0 saturated heterocycles. The van der Waals surface area contributed by atoms with Crippen LogP contribution in [0.2, 0.25) is 0 Å². The Kier molecular flexibility index (Phi) is 3.28. The van der Waals surface area contributed by atoms with Gasteiger partial charge in [0.1, 0.15) is 0 Å². The van der Waals surface area contributed by atoms with Gasteiger partial charge in [0.05, 0.1) is 0 Å². The fourth-order valence-corrected chi connectivity index (χ4v) is 1.90. The highest BCUT2D eigenvalue weighted by Crippen LogP contribution is 2.18. The van der Waals surface area contributed by atoms with E-state index in [0.717, 1.165) is 31.4 Å². The summed E-state index contributed by atoms with van der Waals surface area (Å²) in [7, 11) is 0. The van der Waals surface area contributed by atoms with Gasteiger partial charge in [0.2, 0.25) is 0 Å². The molecule has 0 unspecified atom stereocenters. The Morgan fingerprint density at radius 3 is 2.87 bits per heavy atom. The summed E-state index contributed by atoms with van der Waals surface area (Å²) in [6.07, 6.45) is 8.36. The summed E-state index contributed by atoms with van der Waals surface area (Å²) in [5.74, 6) is 0.276. The van der Waals surface area contributed by atoms with Crippen LogP contribution in [0.15, 0.2) is 36.0 Å². The molecule has 1 aromatic heterocycles. The summed E-state index contributed by atoms with van der Waals surface area (Å²) in [5, 5.41) is 0. The van der Waals surface area contributed by atoms with Gasteiger partial charge in [-0.1, -0.05) is 11.6 Å². The number of nitrogens with zero attached hydrogens (tertiary/aromatic N) is 1. The van der Waals surface area contributed by atoms with E-state index in [0.29, 0.717) is 6.42 Å².